The SMILES string of the molecule is O=c1cc2c(c3c(c1)Oc1ccccc1N=3)=Nc1ccccc1O2. The molecule has 5 heteroatoms. The first-order valence-electron chi connectivity index (χ1n) is 7.47. The second-order valence-electron chi connectivity index (χ2n) is 5.48. The summed E-state index contributed by atoms with van der Waals surface area (Å²) < 4.78 is 11.7. The van der Waals surface area contributed by atoms with Crippen molar-refractivity contribution in [2.24, 2.45) is 9.98 Å². The number of rotatable bonds is 0. The Labute approximate surface area is 136 Å². The van der Waals surface area contributed by atoms with Gasteiger partial charge in [-0.25, -0.2) is 9.98 Å². The van der Waals surface area contributed by atoms with Crippen LogP contribution in [-0.4, -0.2) is 0 Å². The molecule has 2 aliphatic rings. The maximum absolute atomic E-state index is 12.2. The van der Waals surface area contributed by atoms with Gasteiger partial charge in [-0.1, -0.05) is 24.3 Å². The predicted octanol–water partition coefficient (Wildman–Crippen LogP) is 3.16. The van der Waals surface area contributed by atoms with E-state index in [4.69, 9.17) is 9.47 Å². The summed E-state index contributed by atoms with van der Waals surface area (Å²) in [6, 6.07) is 17.7. The molecular weight excluding hydrogens is 304 g/mol. The van der Waals surface area contributed by atoms with Crippen LogP contribution < -0.4 is 25.6 Å². The van der Waals surface area contributed by atoms with Gasteiger partial charge < -0.3 is 9.47 Å². The van der Waals surface area contributed by atoms with E-state index in [0.717, 1.165) is 0 Å². The highest BCUT2D eigenvalue weighted by Gasteiger charge is 2.19. The first-order valence-corrected chi connectivity index (χ1v) is 7.47. The highest BCUT2D eigenvalue weighted by atomic mass is 16.5. The normalized spacial score (nSPS) is 12.8. The van der Waals surface area contributed by atoms with Crippen LogP contribution in [0.25, 0.3) is 0 Å². The van der Waals surface area contributed by atoms with Gasteiger partial charge in [0.1, 0.15) is 22.1 Å². The maximum atomic E-state index is 12.2. The van der Waals surface area contributed by atoms with Crippen LogP contribution in [0.5, 0.6) is 23.0 Å². The second-order valence-corrected chi connectivity index (χ2v) is 5.48. The van der Waals surface area contributed by atoms with Crippen LogP contribution >= 0.6 is 0 Å². The molecular formula is C19H10N2O3. The molecule has 2 heterocycles. The van der Waals surface area contributed by atoms with Gasteiger partial charge in [0.25, 0.3) is 0 Å². The van der Waals surface area contributed by atoms with Crippen molar-refractivity contribution in [3.63, 3.8) is 0 Å². The highest BCUT2D eigenvalue weighted by Crippen LogP contribution is 2.34. The molecule has 0 radical (unpaired) electrons. The van der Waals surface area contributed by atoms with Crippen molar-refractivity contribution in [2.45, 2.75) is 0 Å². The summed E-state index contributed by atoms with van der Waals surface area (Å²) in [4.78, 5) is 21.5. The minimum atomic E-state index is -0.225. The fourth-order valence-electron chi connectivity index (χ4n) is 2.79. The Morgan fingerprint density at radius 1 is 0.625 bits per heavy atom. The molecule has 0 aliphatic carbocycles. The van der Waals surface area contributed by atoms with Crippen molar-refractivity contribution < 1.29 is 9.47 Å². The lowest BCUT2D eigenvalue weighted by molar-refractivity contribution is 0.458. The standard InChI is InChI=1S/C19H10N2O3/c22-11-9-16-18(20-12-5-1-3-7-14(12)23-16)19-17(10-11)24-15-8-4-2-6-13(15)21-19/h1-10H. The molecule has 0 bridgehead atoms. The van der Waals surface area contributed by atoms with E-state index in [9.17, 15) is 4.79 Å². The Balaban J connectivity index is 1.94. The first-order chi connectivity index (χ1) is 11.8. The number of benzene rings is 2. The zero-order valence-electron chi connectivity index (χ0n) is 12.4. The van der Waals surface area contributed by atoms with E-state index in [-0.39, 0.29) is 5.43 Å². The van der Waals surface area contributed by atoms with E-state index in [2.05, 4.69) is 9.98 Å². The number of hydrogen-bond donors (Lipinski definition) is 0. The Hall–Kier alpha value is -3.47. The molecule has 24 heavy (non-hydrogen) atoms. The summed E-state index contributed by atoms with van der Waals surface area (Å²) >= 11 is 0. The van der Waals surface area contributed by atoms with Crippen molar-refractivity contribution in [2.75, 3.05) is 0 Å². The van der Waals surface area contributed by atoms with E-state index >= 15 is 0 Å². The molecule has 0 unspecified atom stereocenters. The summed E-state index contributed by atoms with van der Waals surface area (Å²) in [6.45, 7) is 0. The molecule has 114 valence electrons. The molecule has 0 atom stereocenters. The zero-order valence-corrected chi connectivity index (χ0v) is 12.4. The maximum Gasteiger partial charge on any atom is 0.186 e. The molecule has 3 aromatic rings. The van der Waals surface area contributed by atoms with Crippen molar-refractivity contribution in [3.05, 3.63) is 81.6 Å². The molecule has 5 nitrogen and oxygen atoms in total. The van der Waals surface area contributed by atoms with Gasteiger partial charge in [0.05, 0.1) is 0 Å². The zero-order chi connectivity index (χ0) is 16.1. The third-order valence-electron chi connectivity index (χ3n) is 3.87. The Morgan fingerprint density at radius 3 is 1.58 bits per heavy atom. The van der Waals surface area contributed by atoms with Crippen LogP contribution in [-0.2, 0) is 0 Å². The van der Waals surface area contributed by atoms with Crippen LogP contribution in [0.3, 0.4) is 0 Å². The summed E-state index contributed by atoms with van der Waals surface area (Å²) in [5, 5.41) is 1.00. The summed E-state index contributed by atoms with van der Waals surface area (Å²) in [5.41, 5.74) is 1.16. The summed E-state index contributed by atoms with van der Waals surface area (Å²) in [5.74, 6) is 1.99. The van der Waals surface area contributed by atoms with Crippen molar-refractivity contribution in [3.8, 4) is 23.0 Å². The Bertz CT molecular complexity index is 1090. The summed E-state index contributed by atoms with van der Waals surface area (Å²) in [7, 11) is 0. The van der Waals surface area contributed by atoms with E-state index < -0.39 is 0 Å². The molecule has 0 spiro atoms. The third-order valence-corrected chi connectivity index (χ3v) is 3.87. The van der Waals surface area contributed by atoms with E-state index in [1.165, 1.54) is 12.1 Å². The number of hydrogen-bond acceptors (Lipinski definition) is 5. The highest BCUT2D eigenvalue weighted by molar-refractivity contribution is 5.58. The minimum Gasteiger partial charge on any atom is -0.453 e. The molecule has 0 saturated heterocycles. The van der Waals surface area contributed by atoms with Crippen molar-refractivity contribution in [1.82, 2.24) is 0 Å². The van der Waals surface area contributed by atoms with Crippen LogP contribution in [0, 0.1) is 0 Å². The molecule has 0 fully saturated rings. The van der Waals surface area contributed by atoms with E-state index in [1.807, 2.05) is 48.5 Å². The van der Waals surface area contributed by atoms with Crippen LogP contribution in [0.4, 0.5) is 11.4 Å². The van der Waals surface area contributed by atoms with Gasteiger partial charge in [0.2, 0.25) is 0 Å². The smallest absolute Gasteiger partial charge is 0.186 e. The fraction of sp³-hybridized carbons (Fsp3) is 0. The number of nitrogens with zero attached hydrogens (tertiary/aromatic N) is 2. The van der Waals surface area contributed by atoms with Crippen LogP contribution in [0.2, 0.25) is 0 Å². The van der Waals surface area contributed by atoms with E-state index in [1.54, 1.807) is 0 Å². The average molecular weight is 314 g/mol. The molecule has 0 aromatic heterocycles. The summed E-state index contributed by atoms with van der Waals surface area (Å²) in [6.07, 6.45) is 0. The average Bonchev–Trinajstić information content (AvgIpc) is 2.73. The monoisotopic (exact) mass is 314 g/mol. The molecule has 0 amide bonds. The van der Waals surface area contributed by atoms with Gasteiger partial charge in [0, 0.05) is 12.1 Å². The van der Waals surface area contributed by atoms with Gasteiger partial charge in [-0.05, 0) is 24.3 Å². The van der Waals surface area contributed by atoms with Crippen molar-refractivity contribution >= 4 is 11.4 Å². The lowest BCUT2D eigenvalue weighted by atomic mass is 10.2. The number of para-hydroxylation sites is 4. The van der Waals surface area contributed by atoms with Crippen LogP contribution in [0.1, 0.15) is 0 Å². The van der Waals surface area contributed by atoms with Gasteiger partial charge in [-0.2, -0.15) is 0 Å². The predicted molar refractivity (Wildman–Crippen MR) is 87.4 cm³/mol. The molecule has 5 rings (SSSR count). The molecule has 2 aliphatic heterocycles. The quantitative estimate of drug-likeness (QED) is 0.441. The molecule has 3 aromatic carbocycles. The molecule has 0 saturated carbocycles. The van der Waals surface area contributed by atoms with Crippen LogP contribution in [0.15, 0.2) is 75.4 Å². The van der Waals surface area contributed by atoms with Gasteiger partial charge in [-0.15, -0.1) is 0 Å². The lowest BCUT2D eigenvalue weighted by Gasteiger charge is -2.14. The fourth-order valence-corrected chi connectivity index (χ4v) is 2.79. The topological polar surface area (TPSA) is 60.2 Å². The van der Waals surface area contributed by atoms with Gasteiger partial charge in [0.15, 0.2) is 28.4 Å². The van der Waals surface area contributed by atoms with E-state index in [0.29, 0.717) is 45.1 Å². The van der Waals surface area contributed by atoms with Gasteiger partial charge in [-0.3, -0.25) is 4.79 Å². The Kier molecular flexibility index (Phi) is 2.58. The first kappa shape index (κ1) is 13.0. The number of fused-ring (bicyclic) bond motifs is 5. The molecule has 0 N–H and O–H groups in total. The number of ether oxygens (including phenoxy) is 2. The minimum absolute atomic E-state index is 0.225. The Morgan fingerprint density at radius 2 is 1.08 bits per heavy atom. The third kappa shape index (κ3) is 1.91. The van der Waals surface area contributed by atoms with Crippen molar-refractivity contribution in [1.29, 1.82) is 0 Å². The largest absolute Gasteiger partial charge is 0.453 e. The second kappa shape index (κ2) is 4.76. The lowest BCUT2D eigenvalue weighted by Crippen LogP contribution is -2.28. The van der Waals surface area contributed by atoms with Gasteiger partial charge >= 0.3 is 0 Å².